The Bertz CT molecular complexity index is 612. The molecule has 0 amide bonds. The van der Waals surface area contributed by atoms with E-state index < -0.39 is 0 Å². The van der Waals surface area contributed by atoms with Crippen molar-refractivity contribution in [3.05, 3.63) is 0 Å². The molecule has 4 saturated carbocycles. The van der Waals surface area contributed by atoms with Gasteiger partial charge in [-0.1, -0.05) is 71.9 Å². The number of oxime groups is 1. The average Bonchev–Trinajstić information content (AvgIpc) is 3.04. The Hall–Kier alpha value is -0.530. The van der Waals surface area contributed by atoms with Gasteiger partial charge in [0.15, 0.2) is 0 Å². The molecule has 2 nitrogen and oxygen atoms in total. The minimum atomic E-state index is 0.465. The van der Waals surface area contributed by atoms with Crippen molar-refractivity contribution in [2.75, 3.05) is 0 Å². The lowest BCUT2D eigenvalue weighted by Crippen LogP contribution is -2.56. The van der Waals surface area contributed by atoms with Crippen LogP contribution in [0.15, 0.2) is 5.16 Å². The van der Waals surface area contributed by atoms with E-state index in [4.69, 9.17) is 0 Å². The molecule has 6 unspecified atom stereocenters. The van der Waals surface area contributed by atoms with Crippen molar-refractivity contribution in [3.8, 4) is 0 Å². The summed E-state index contributed by atoms with van der Waals surface area (Å²) in [4.78, 5) is 0. The topological polar surface area (TPSA) is 32.6 Å². The Morgan fingerprint density at radius 2 is 1.69 bits per heavy atom. The van der Waals surface area contributed by atoms with Crippen LogP contribution in [0, 0.1) is 52.3 Å². The first-order valence-corrected chi connectivity index (χ1v) is 13.0. The fraction of sp³-hybridized carbons (Fsp3) is 0.963. The van der Waals surface area contributed by atoms with Crippen LogP contribution in [0.1, 0.15) is 112 Å². The maximum Gasteiger partial charge on any atom is 0.0610 e. The van der Waals surface area contributed by atoms with Crippen molar-refractivity contribution < 1.29 is 5.21 Å². The second-order valence-electron chi connectivity index (χ2n) is 12.5. The Morgan fingerprint density at radius 3 is 2.41 bits per heavy atom. The normalized spacial score (nSPS) is 47.0. The zero-order valence-electron chi connectivity index (χ0n) is 19.9. The number of hydrogen-bond acceptors (Lipinski definition) is 2. The highest BCUT2D eigenvalue weighted by atomic mass is 16.4. The van der Waals surface area contributed by atoms with Gasteiger partial charge in [0, 0.05) is 5.92 Å². The van der Waals surface area contributed by atoms with E-state index in [-0.39, 0.29) is 0 Å². The molecule has 4 aliphatic carbocycles. The first-order chi connectivity index (χ1) is 13.8. The lowest BCUT2D eigenvalue weighted by Gasteiger charge is -2.60. The third-order valence-corrected chi connectivity index (χ3v) is 10.7. The molecule has 1 N–H and O–H groups in total. The van der Waals surface area contributed by atoms with Gasteiger partial charge in [0.05, 0.1) is 5.71 Å². The van der Waals surface area contributed by atoms with Crippen LogP contribution in [-0.2, 0) is 0 Å². The van der Waals surface area contributed by atoms with Crippen LogP contribution in [0.2, 0.25) is 0 Å². The van der Waals surface area contributed by atoms with Crippen LogP contribution in [0.25, 0.3) is 0 Å². The molecule has 2 heteroatoms. The number of rotatable bonds is 5. The van der Waals surface area contributed by atoms with E-state index in [9.17, 15) is 5.21 Å². The summed E-state index contributed by atoms with van der Waals surface area (Å²) in [5, 5.41) is 14.0. The van der Waals surface area contributed by atoms with Crippen molar-refractivity contribution in [2.45, 2.75) is 112 Å². The first-order valence-electron chi connectivity index (χ1n) is 13.0. The predicted molar refractivity (Wildman–Crippen MR) is 122 cm³/mol. The molecule has 8 atom stereocenters. The van der Waals surface area contributed by atoms with Crippen molar-refractivity contribution in [2.24, 2.45) is 57.4 Å². The van der Waals surface area contributed by atoms with E-state index in [1.807, 2.05) is 0 Å². The van der Waals surface area contributed by atoms with Gasteiger partial charge >= 0.3 is 0 Å². The van der Waals surface area contributed by atoms with E-state index in [1.54, 1.807) is 0 Å². The smallest absolute Gasteiger partial charge is 0.0610 e. The molecule has 29 heavy (non-hydrogen) atoms. The quantitative estimate of drug-likeness (QED) is 0.368. The summed E-state index contributed by atoms with van der Waals surface area (Å²) in [5.74, 6) is 5.39. The first kappa shape index (κ1) is 21.7. The summed E-state index contributed by atoms with van der Waals surface area (Å²) in [6.07, 6.45) is 16.4. The third kappa shape index (κ3) is 3.59. The summed E-state index contributed by atoms with van der Waals surface area (Å²) in [6, 6.07) is 0. The second-order valence-corrected chi connectivity index (χ2v) is 12.5. The zero-order valence-corrected chi connectivity index (χ0v) is 19.9. The van der Waals surface area contributed by atoms with Gasteiger partial charge < -0.3 is 5.21 Å². The highest BCUT2D eigenvalue weighted by molar-refractivity contribution is 5.88. The Kier molecular flexibility index (Phi) is 6.13. The van der Waals surface area contributed by atoms with Gasteiger partial charge in [-0.25, -0.2) is 0 Å². The van der Waals surface area contributed by atoms with Gasteiger partial charge in [0.1, 0.15) is 0 Å². The van der Waals surface area contributed by atoms with Crippen LogP contribution in [0.4, 0.5) is 0 Å². The highest BCUT2D eigenvalue weighted by Gasteiger charge is 2.62. The van der Waals surface area contributed by atoms with Crippen LogP contribution < -0.4 is 0 Å². The van der Waals surface area contributed by atoms with Gasteiger partial charge in [-0.15, -0.1) is 0 Å². The molecular weight excluding hydrogens is 354 g/mol. The van der Waals surface area contributed by atoms with Crippen LogP contribution in [0.3, 0.4) is 0 Å². The van der Waals surface area contributed by atoms with Gasteiger partial charge in [0.2, 0.25) is 0 Å². The number of nitrogens with zero attached hydrogens (tertiary/aromatic N) is 1. The highest BCUT2D eigenvalue weighted by Crippen LogP contribution is 2.67. The summed E-state index contributed by atoms with van der Waals surface area (Å²) >= 11 is 0. The van der Waals surface area contributed by atoms with Crippen LogP contribution in [-0.4, -0.2) is 10.9 Å². The minimum absolute atomic E-state index is 0.465. The molecule has 0 saturated heterocycles. The molecule has 0 aromatic carbocycles. The fourth-order valence-electron chi connectivity index (χ4n) is 9.12. The van der Waals surface area contributed by atoms with E-state index in [0.717, 1.165) is 41.9 Å². The lowest BCUT2D eigenvalue weighted by atomic mass is 9.44. The van der Waals surface area contributed by atoms with Gasteiger partial charge in [-0.3, -0.25) is 0 Å². The van der Waals surface area contributed by atoms with Crippen molar-refractivity contribution >= 4 is 5.71 Å². The van der Waals surface area contributed by atoms with Crippen molar-refractivity contribution in [1.29, 1.82) is 0 Å². The Morgan fingerprint density at radius 1 is 0.931 bits per heavy atom. The molecule has 0 spiro atoms. The van der Waals surface area contributed by atoms with Crippen molar-refractivity contribution in [3.63, 3.8) is 0 Å². The molecule has 0 heterocycles. The molecular formula is C27H47NO. The summed E-state index contributed by atoms with van der Waals surface area (Å²) in [7, 11) is 0. The zero-order chi connectivity index (χ0) is 20.8. The molecule has 0 aromatic rings. The number of hydrogen-bond donors (Lipinski definition) is 1. The molecule has 4 fully saturated rings. The average molecular weight is 402 g/mol. The van der Waals surface area contributed by atoms with Crippen LogP contribution in [0.5, 0.6) is 0 Å². The maximum absolute atomic E-state index is 10.0. The summed E-state index contributed by atoms with van der Waals surface area (Å²) in [5.41, 5.74) is 2.16. The molecule has 0 aliphatic heterocycles. The monoisotopic (exact) mass is 401 g/mol. The minimum Gasteiger partial charge on any atom is -0.411 e. The van der Waals surface area contributed by atoms with E-state index in [0.29, 0.717) is 16.7 Å². The second kappa shape index (κ2) is 8.19. The molecule has 0 aromatic heterocycles. The standard InChI is InChI=1S/C27H47NO/c1-18(2)9-8-10-19(3)21-12-13-22-25-23(14-16-27(21,22)5)26(4)15-7-6-11-20(26)17-24(25)28-29/h18-23,25,29H,6-17H2,1-5H3/b28-24-/t19-,20-,21?,22?,23?,25?,26?,27?/m1/s1. The third-order valence-electron chi connectivity index (χ3n) is 10.7. The molecule has 0 radical (unpaired) electrons. The predicted octanol–water partition coefficient (Wildman–Crippen LogP) is 7.94. The Labute approximate surface area is 180 Å². The van der Waals surface area contributed by atoms with E-state index in [1.165, 1.54) is 76.3 Å². The Balaban J connectivity index is 1.55. The summed E-state index contributed by atoms with van der Waals surface area (Å²) < 4.78 is 0. The molecule has 4 rings (SSSR count). The molecule has 0 bridgehead atoms. The lowest BCUT2D eigenvalue weighted by molar-refractivity contribution is -0.0728. The molecule has 4 aliphatic rings. The molecule has 166 valence electrons. The van der Waals surface area contributed by atoms with Crippen molar-refractivity contribution in [1.82, 2.24) is 0 Å². The van der Waals surface area contributed by atoms with E-state index in [2.05, 4.69) is 39.8 Å². The van der Waals surface area contributed by atoms with Gasteiger partial charge in [0.25, 0.3) is 0 Å². The number of fused-ring (bicyclic) bond motifs is 5. The largest absolute Gasteiger partial charge is 0.411 e. The van der Waals surface area contributed by atoms with Gasteiger partial charge in [-0.2, -0.15) is 0 Å². The summed E-state index contributed by atoms with van der Waals surface area (Å²) in [6.45, 7) is 12.5. The van der Waals surface area contributed by atoms with E-state index >= 15 is 0 Å². The maximum atomic E-state index is 10.0. The SMILES string of the molecule is CC(C)CCC[C@@H](C)C1CCC2C3/C(=N\O)C[C@H]4CCCCC4(C)C3CCC21C. The fourth-order valence-corrected chi connectivity index (χ4v) is 9.12. The van der Waals surface area contributed by atoms with Gasteiger partial charge in [-0.05, 0) is 91.3 Å². The van der Waals surface area contributed by atoms with Crippen LogP contribution >= 0.6 is 0 Å².